The third kappa shape index (κ3) is 8.97. The second-order valence-corrected chi connectivity index (χ2v) is 6.65. The van der Waals surface area contributed by atoms with Crippen molar-refractivity contribution in [3.05, 3.63) is 0 Å². The van der Waals surface area contributed by atoms with E-state index in [2.05, 4.69) is 10.6 Å². The third-order valence-corrected chi connectivity index (χ3v) is 4.23. The first kappa shape index (κ1) is 21.6. The monoisotopic (exact) mass is 356 g/mol. The summed E-state index contributed by atoms with van der Waals surface area (Å²) in [6, 6.07) is 0.0673. The van der Waals surface area contributed by atoms with Gasteiger partial charge in [0.15, 0.2) is 0 Å². The van der Waals surface area contributed by atoms with Gasteiger partial charge in [-0.1, -0.05) is 13.8 Å². The predicted octanol–water partition coefficient (Wildman–Crippen LogP) is 1.06. The van der Waals surface area contributed by atoms with E-state index in [0.29, 0.717) is 52.2 Å². The molecule has 7 heteroatoms. The fraction of sp³-hybridized carbons (Fsp3) is 0.833. The first-order valence-corrected chi connectivity index (χ1v) is 9.19. The fourth-order valence-electron chi connectivity index (χ4n) is 2.51. The Morgan fingerprint density at radius 2 is 1.72 bits per heavy atom. The predicted molar refractivity (Wildman–Crippen MR) is 94.1 cm³/mol. The summed E-state index contributed by atoms with van der Waals surface area (Å²) in [6.45, 7) is 8.00. The van der Waals surface area contributed by atoms with Crippen molar-refractivity contribution in [3.8, 4) is 0 Å². The van der Waals surface area contributed by atoms with Gasteiger partial charge >= 0.3 is 0 Å². The second kappa shape index (κ2) is 12.0. The minimum atomic E-state index is -0.0737. The molecule has 0 radical (unpaired) electrons. The summed E-state index contributed by atoms with van der Waals surface area (Å²) in [5.74, 6) is 0.128. The molecule has 0 aromatic heterocycles. The number of amides is 2. The van der Waals surface area contributed by atoms with Crippen LogP contribution >= 0.6 is 0 Å². The molecule has 0 aliphatic heterocycles. The zero-order chi connectivity index (χ0) is 18.7. The Labute approximate surface area is 150 Å². The zero-order valence-electron chi connectivity index (χ0n) is 15.6. The van der Waals surface area contributed by atoms with Crippen LogP contribution in [0.1, 0.15) is 46.5 Å². The van der Waals surface area contributed by atoms with Gasteiger partial charge in [0.1, 0.15) is 5.78 Å². The average molecular weight is 356 g/mol. The van der Waals surface area contributed by atoms with Gasteiger partial charge in [0, 0.05) is 43.9 Å². The van der Waals surface area contributed by atoms with Crippen molar-refractivity contribution in [2.45, 2.75) is 52.5 Å². The zero-order valence-corrected chi connectivity index (χ0v) is 15.6. The van der Waals surface area contributed by atoms with Crippen molar-refractivity contribution in [2.75, 3.05) is 33.0 Å². The number of ketones is 1. The molecule has 7 nitrogen and oxygen atoms in total. The fourth-order valence-corrected chi connectivity index (χ4v) is 2.51. The highest BCUT2D eigenvalue weighted by molar-refractivity contribution is 5.81. The van der Waals surface area contributed by atoms with Gasteiger partial charge in [0.25, 0.3) is 0 Å². The Morgan fingerprint density at radius 3 is 2.36 bits per heavy atom. The van der Waals surface area contributed by atoms with E-state index in [4.69, 9.17) is 9.47 Å². The molecule has 2 N–H and O–H groups in total. The molecule has 0 atom stereocenters. The Morgan fingerprint density at radius 1 is 1.04 bits per heavy atom. The molecule has 0 aromatic carbocycles. The summed E-state index contributed by atoms with van der Waals surface area (Å²) in [5.41, 5.74) is 0. The van der Waals surface area contributed by atoms with Gasteiger partial charge in [-0.2, -0.15) is 0 Å². The molecule has 0 spiro atoms. The highest BCUT2D eigenvalue weighted by Crippen LogP contribution is 2.27. The molecule has 1 aliphatic rings. The second-order valence-electron chi connectivity index (χ2n) is 6.65. The van der Waals surface area contributed by atoms with E-state index >= 15 is 0 Å². The molecule has 25 heavy (non-hydrogen) atoms. The first-order valence-electron chi connectivity index (χ1n) is 9.19. The van der Waals surface area contributed by atoms with Crippen molar-refractivity contribution in [3.63, 3.8) is 0 Å². The number of ether oxygens (including phenoxy) is 2. The lowest BCUT2D eigenvalue weighted by Crippen LogP contribution is -2.49. The maximum atomic E-state index is 11.8. The lowest BCUT2D eigenvalue weighted by atomic mass is 9.79. The minimum absolute atomic E-state index is 0.0229. The van der Waals surface area contributed by atoms with E-state index in [0.717, 1.165) is 0 Å². The molecule has 0 unspecified atom stereocenters. The van der Waals surface area contributed by atoms with Crippen LogP contribution in [0.5, 0.6) is 0 Å². The summed E-state index contributed by atoms with van der Waals surface area (Å²) in [5, 5.41) is 5.74. The van der Waals surface area contributed by atoms with Crippen molar-refractivity contribution in [2.24, 2.45) is 11.8 Å². The van der Waals surface area contributed by atoms with Crippen LogP contribution in [-0.4, -0.2) is 56.6 Å². The van der Waals surface area contributed by atoms with Gasteiger partial charge in [0.2, 0.25) is 11.8 Å². The van der Waals surface area contributed by atoms with Crippen LogP contribution in [-0.2, 0) is 23.9 Å². The topological polar surface area (TPSA) is 93.7 Å². The van der Waals surface area contributed by atoms with Crippen molar-refractivity contribution in [1.29, 1.82) is 0 Å². The summed E-state index contributed by atoms with van der Waals surface area (Å²) < 4.78 is 10.5. The SMILES string of the molecule is CCOCCNC(=O)C1CC(NC(=O)CCOCCC(=O)C(C)C)C1. The highest BCUT2D eigenvalue weighted by Gasteiger charge is 2.34. The van der Waals surface area contributed by atoms with Crippen LogP contribution < -0.4 is 10.6 Å². The smallest absolute Gasteiger partial charge is 0.223 e. The molecule has 2 amide bonds. The van der Waals surface area contributed by atoms with E-state index in [1.54, 1.807) is 0 Å². The number of hydrogen-bond acceptors (Lipinski definition) is 5. The summed E-state index contributed by atoms with van der Waals surface area (Å²) >= 11 is 0. The molecule has 0 saturated heterocycles. The lowest BCUT2D eigenvalue weighted by Gasteiger charge is -2.34. The summed E-state index contributed by atoms with van der Waals surface area (Å²) in [7, 11) is 0. The van der Waals surface area contributed by atoms with Gasteiger partial charge in [-0.15, -0.1) is 0 Å². The molecule has 0 bridgehead atoms. The van der Waals surface area contributed by atoms with E-state index < -0.39 is 0 Å². The lowest BCUT2D eigenvalue weighted by molar-refractivity contribution is -0.131. The molecule has 1 aliphatic carbocycles. The average Bonchev–Trinajstić information content (AvgIpc) is 2.53. The first-order chi connectivity index (χ1) is 11.9. The Balaban J connectivity index is 2.00. The Bertz CT molecular complexity index is 433. The number of nitrogens with one attached hydrogen (secondary N) is 2. The van der Waals surface area contributed by atoms with Crippen LogP contribution in [0.3, 0.4) is 0 Å². The molecule has 144 valence electrons. The Kier molecular flexibility index (Phi) is 10.3. The van der Waals surface area contributed by atoms with Crippen molar-refractivity contribution >= 4 is 17.6 Å². The quantitative estimate of drug-likeness (QED) is 0.481. The molecule has 1 rings (SSSR count). The van der Waals surface area contributed by atoms with E-state index in [9.17, 15) is 14.4 Å². The minimum Gasteiger partial charge on any atom is -0.380 e. The summed E-state index contributed by atoms with van der Waals surface area (Å²) in [6.07, 6.45) is 2.02. The van der Waals surface area contributed by atoms with E-state index in [1.807, 2.05) is 20.8 Å². The van der Waals surface area contributed by atoms with E-state index in [1.165, 1.54) is 0 Å². The standard InChI is InChI=1S/C18H32N2O5/c1-4-24-10-7-19-18(23)14-11-15(12-14)20-17(22)6-9-25-8-5-16(21)13(2)3/h13-15H,4-12H2,1-3H3,(H,19,23)(H,20,22). The van der Waals surface area contributed by atoms with Crippen molar-refractivity contribution in [1.82, 2.24) is 10.6 Å². The number of Topliss-reactive ketones (excluding diaryl/α,β-unsaturated/α-hetero) is 1. The van der Waals surface area contributed by atoms with Crippen molar-refractivity contribution < 1.29 is 23.9 Å². The largest absolute Gasteiger partial charge is 0.380 e. The maximum Gasteiger partial charge on any atom is 0.223 e. The number of carbonyl (C=O) groups excluding carboxylic acids is 3. The van der Waals surface area contributed by atoms with Crippen LogP contribution in [0.15, 0.2) is 0 Å². The third-order valence-electron chi connectivity index (χ3n) is 4.23. The number of carbonyl (C=O) groups is 3. The molecule has 1 saturated carbocycles. The molecule has 1 fully saturated rings. The normalized spacial score (nSPS) is 19.4. The van der Waals surface area contributed by atoms with Gasteiger partial charge < -0.3 is 20.1 Å². The number of rotatable bonds is 13. The molecular formula is C18H32N2O5. The van der Waals surface area contributed by atoms with Gasteiger partial charge in [-0.3, -0.25) is 14.4 Å². The van der Waals surface area contributed by atoms with E-state index in [-0.39, 0.29) is 41.9 Å². The summed E-state index contributed by atoms with van der Waals surface area (Å²) in [4.78, 5) is 35.1. The molecule has 0 heterocycles. The highest BCUT2D eigenvalue weighted by atomic mass is 16.5. The van der Waals surface area contributed by atoms with Crippen LogP contribution in [0.4, 0.5) is 0 Å². The Hall–Kier alpha value is -1.47. The molecular weight excluding hydrogens is 324 g/mol. The van der Waals surface area contributed by atoms with Crippen LogP contribution in [0.25, 0.3) is 0 Å². The van der Waals surface area contributed by atoms with Gasteiger partial charge in [-0.25, -0.2) is 0 Å². The van der Waals surface area contributed by atoms with Gasteiger partial charge in [-0.05, 0) is 19.8 Å². The van der Waals surface area contributed by atoms with Gasteiger partial charge in [0.05, 0.1) is 19.8 Å². The van der Waals surface area contributed by atoms with Crippen LogP contribution in [0, 0.1) is 11.8 Å². The van der Waals surface area contributed by atoms with Crippen LogP contribution in [0.2, 0.25) is 0 Å². The molecule has 0 aromatic rings. The maximum absolute atomic E-state index is 11.8. The number of hydrogen-bond donors (Lipinski definition) is 2.